The van der Waals surface area contributed by atoms with Crippen LogP contribution in [0.4, 0.5) is 13.2 Å². The minimum atomic E-state index is -4.52. The number of nitrogens with one attached hydrogen (secondary N) is 1. The highest BCUT2D eigenvalue weighted by atomic mass is 19.4. The zero-order valence-corrected chi connectivity index (χ0v) is 16.9. The van der Waals surface area contributed by atoms with Crippen LogP contribution in [0.3, 0.4) is 0 Å². The number of carbonyl (C=O) groups is 2. The van der Waals surface area contributed by atoms with Crippen LogP contribution in [-0.2, 0) is 19.0 Å². The van der Waals surface area contributed by atoms with Gasteiger partial charge in [-0.2, -0.15) is 13.2 Å². The van der Waals surface area contributed by atoms with Crippen molar-refractivity contribution >= 4 is 11.7 Å². The maximum atomic E-state index is 13.2. The average molecular weight is 444 g/mol. The van der Waals surface area contributed by atoms with E-state index in [0.29, 0.717) is 30.7 Å². The first-order chi connectivity index (χ1) is 15.3. The van der Waals surface area contributed by atoms with Crippen molar-refractivity contribution in [3.05, 3.63) is 87.2 Å². The van der Waals surface area contributed by atoms with E-state index in [0.717, 1.165) is 12.1 Å². The van der Waals surface area contributed by atoms with E-state index in [1.54, 1.807) is 12.1 Å². The third-order valence-corrected chi connectivity index (χ3v) is 5.36. The Hall–Kier alpha value is -3.62. The quantitative estimate of drug-likeness (QED) is 0.647. The zero-order chi connectivity index (χ0) is 22.9. The van der Waals surface area contributed by atoms with Gasteiger partial charge in [0.2, 0.25) is 0 Å². The molecule has 0 atom stereocenters. The summed E-state index contributed by atoms with van der Waals surface area (Å²) in [7, 11) is 0. The molecule has 0 unspecified atom stereocenters. The largest absolute Gasteiger partial charge is 0.469 e. The van der Waals surface area contributed by atoms with Crippen LogP contribution in [0.25, 0.3) is 5.69 Å². The number of carbonyl (C=O) groups excluding carboxylic acids is 2. The number of alkyl halides is 3. The molecule has 0 saturated carbocycles. The zero-order valence-electron chi connectivity index (χ0n) is 16.9. The van der Waals surface area contributed by atoms with Crippen LogP contribution in [0, 0.1) is 0 Å². The molecule has 32 heavy (non-hydrogen) atoms. The lowest BCUT2D eigenvalue weighted by Crippen LogP contribution is -2.36. The molecule has 0 fully saturated rings. The molecule has 0 radical (unpaired) electrons. The second-order valence-corrected chi connectivity index (χ2v) is 7.47. The van der Waals surface area contributed by atoms with E-state index in [1.165, 1.54) is 29.0 Å². The van der Waals surface area contributed by atoms with Gasteiger partial charge in [-0.3, -0.25) is 19.0 Å². The monoisotopic (exact) mass is 444 g/mol. The van der Waals surface area contributed by atoms with Crippen LogP contribution in [0.2, 0.25) is 0 Å². The lowest BCUT2D eigenvalue weighted by molar-refractivity contribution is -0.137. The Bertz CT molecular complexity index is 1210. The summed E-state index contributed by atoms with van der Waals surface area (Å²) in [5, 5.41) is 2.64. The maximum Gasteiger partial charge on any atom is 0.416 e. The van der Waals surface area contributed by atoms with Gasteiger partial charge in [-0.1, -0.05) is 0 Å². The fraction of sp³-hybridized carbons (Fsp3) is 0.261. The van der Waals surface area contributed by atoms with Gasteiger partial charge < -0.3 is 9.73 Å². The van der Waals surface area contributed by atoms with Crippen molar-refractivity contribution in [3.63, 3.8) is 0 Å². The van der Waals surface area contributed by atoms with E-state index in [4.69, 9.17) is 4.42 Å². The summed E-state index contributed by atoms with van der Waals surface area (Å²) in [5.41, 5.74) is -0.970. The molecular weight excluding hydrogens is 425 g/mol. The third-order valence-electron chi connectivity index (χ3n) is 5.36. The van der Waals surface area contributed by atoms with Crippen LogP contribution in [0.5, 0.6) is 0 Å². The Morgan fingerprint density at radius 3 is 2.50 bits per heavy atom. The number of amides is 1. The molecule has 1 aromatic carbocycles. The van der Waals surface area contributed by atoms with E-state index in [-0.39, 0.29) is 35.6 Å². The predicted molar refractivity (Wildman–Crippen MR) is 109 cm³/mol. The van der Waals surface area contributed by atoms with Crippen molar-refractivity contribution < 1.29 is 27.2 Å². The molecule has 0 bridgehead atoms. The number of aromatic nitrogens is 1. The molecule has 1 aliphatic carbocycles. The topological polar surface area (TPSA) is 81.3 Å². The summed E-state index contributed by atoms with van der Waals surface area (Å²) < 4.78 is 45.2. The second-order valence-electron chi connectivity index (χ2n) is 7.47. The van der Waals surface area contributed by atoms with Crippen LogP contribution in [0.1, 0.15) is 50.6 Å². The van der Waals surface area contributed by atoms with Crippen molar-refractivity contribution in [2.24, 2.45) is 0 Å². The van der Waals surface area contributed by atoms with E-state index >= 15 is 0 Å². The SMILES string of the molecule is O=C1CCCc2c1cc(C(=O)NCCc1ccco1)c(=O)n2-c1ccc(C(F)(F)F)cc1. The fourth-order valence-corrected chi connectivity index (χ4v) is 3.78. The number of hydrogen-bond acceptors (Lipinski definition) is 4. The summed E-state index contributed by atoms with van der Waals surface area (Å²) in [5.74, 6) is -0.215. The minimum absolute atomic E-state index is 0.166. The number of nitrogens with zero attached hydrogens (tertiary/aromatic N) is 1. The molecule has 4 rings (SSSR count). The molecule has 1 amide bonds. The Morgan fingerprint density at radius 2 is 1.84 bits per heavy atom. The van der Waals surface area contributed by atoms with Crippen molar-refractivity contribution in [1.82, 2.24) is 9.88 Å². The first-order valence-electron chi connectivity index (χ1n) is 10.1. The second kappa shape index (κ2) is 8.49. The molecule has 6 nitrogen and oxygen atoms in total. The Morgan fingerprint density at radius 1 is 1.09 bits per heavy atom. The fourth-order valence-electron chi connectivity index (χ4n) is 3.78. The number of pyridine rings is 1. The summed E-state index contributed by atoms with van der Waals surface area (Å²) >= 11 is 0. The molecule has 0 spiro atoms. The highest BCUT2D eigenvalue weighted by Crippen LogP contribution is 2.30. The first kappa shape index (κ1) is 21.6. The Labute approximate surface area is 180 Å². The maximum absolute atomic E-state index is 13.2. The standard InChI is InChI=1S/C23H19F3N2O4/c24-23(25,26)14-6-8-15(9-7-14)28-19-4-1-5-20(29)17(19)13-18(22(28)31)21(30)27-11-10-16-3-2-12-32-16/h2-3,6-9,12-13H,1,4-5,10-11H2,(H,27,30). The number of furan rings is 1. The van der Waals surface area contributed by atoms with E-state index < -0.39 is 23.2 Å². The smallest absolute Gasteiger partial charge is 0.416 e. The van der Waals surface area contributed by atoms with E-state index in [9.17, 15) is 27.6 Å². The minimum Gasteiger partial charge on any atom is -0.469 e. The summed E-state index contributed by atoms with van der Waals surface area (Å²) in [6.07, 6.45) is -1.41. The number of halogens is 3. The summed E-state index contributed by atoms with van der Waals surface area (Å²) in [6, 6.07) is 8.84. The number of rotatable bonds is 5. The molecule has 2 heterocycles. The van der Waals surface area contributed by atoms with Gasteiger partial charge in [0.05, 0.1) is 11.8 Å². The van der Waals surface area contributed by atoms with Crippen molar-refractivity contribution in [1.29, 1.82) is 0 Å². The highest BCUT2D eigenvalue weighted by molar-refractivity contribution is 6.01. The molecule has 166 valence electrons. The molecule has 2 aromatic heterocycles. The molecule has 1 N–H and O–H groups in total. The summed E-state index contributed by atoms with van der Waals surface area (Å²) in [4.78, 5) is 38.5. The Kier molecular flexibility index (Phi) is 5.73. The molecule has 1 aliphatic rings. The van der Waals surface area contributed by atoms with Crippen LogP contribution in [-0.4, -0.2) is 22.8 Å². The molecular formula is C23H19F3N2O4. The summed E-state index contributed by atoms with van der Waals surface area (Å²) in [6.45, 7) is 0.205. The lowest BCUT2D eigenvalue weighted by atomic mass is 9.92. The van der Waals surface area contributed by atoms with Gasteiger partial charge in [-0.05, 0) is 55.3 Å². The number of hydrogen-bond donors (Lipinski definition) is 1. The number of ketones is 1. The Balaban J connectivity index is 1.72. The lowest BCUT2D eigenvalue weighted by Gasteiger charge is -2.22. The number of benzene rings is 1. The first-order valence-corrected chi connectivity index (χ1v) is 10.1. The van der Waals surface area contributed by atoms with Gasteiger partial charge in [0.15, 0.2) is 5.78 Å². The van der Waals surface area contributed by atoms with Gasteiger partial charge in [0.1, 0.15) is 11.3 Å². The van der Waals surface area contributed by atoms with Gasteiger partial charge >= 0.3 is 6.18 Å². The van der Waals surface area contributed by atoms with Gasteiger partial charge in [0, 0.05) is 36.3 Å². The molecule has 3 aromatic rings. The van der Waals surface area contributed by atoms with Crippen molar-refractivity contribution in [3.8, 4) is 5.69 Å². The van der Waals surface area contributed by atoms with Gasteiger partial charge in [-0.15, -0.1) is 0 Å². The predicted octanol–water partition coefficient (Wildman–Crippen LogP) is 3.94. The highest BCUT2D eigenvalue weighted by Gasteiger charge is 2.31. The van der Waals surface area contributed by atoms with Crippen LogP contribution >= 0.6 is 0 Å². The third kappa shape index (κ3) is 4.23. The molecule has 0 aliphatic heterocycles. The van der Waals surface area contributed by atoms with Crippen LogP contribution in [0.15, 0.2) is 57.9 Å². The van der Waals surface area contributed by atoms with Crippen molar-refractivity contribution in [2.45, 2.75) is 31.9 Å². The molecule has 9 heteroatoms. The van der Waals surface area contributed by atoms with Gasteiger partial charge in [-0.25, -0.2) is 0 Å². The van der Waals surface area contributed by atoms with Crippen molar-refractivity contribution in [2.75, 3.05) is 6.54 Å². The normalized spacial score (nSPS) is 13.7. The number of Topliss-reactive ketones (excluding diaryl/α,β-unsaturated/α-hetero) is 1. The van der Waals surface area contributed by atoms with E-state index in [1.807, 2.05) is 0 Å². The molecule has 0 saturated heterocycles. The van der Waals surface area contributed by atoms with Crippen LogP contribution < -0.4 is 10.9 Å². The number of fused-ring (bicyclic) bond motifs is 1. The van der Waals surface area contributed by atoms with Gasteiger partial charge in [0.25, 0.3) is 11.5 Å². The van der Waals surface area contributed by atoms with E-state index in [2.05, 4.69) is 5.32 Å². The average Bonchev–Trinajstić information content (AvgIpc) is 3.26.